The van der Waals surface area contributed by atoms with Gasteiger partial charge in [-0.3, -0.25) is 4.40 Å². The molecule has 4 nitrogen and oxygen atoms in total. The molecule has 1 fully saturated rings. The highest BCUT2D eigenvalue weighted by Gasteiger charge is 2.25. The zero-order valence-corrected chi connectivity index (χ0v) is 10.3. The fourth-order valence-corrected chi connectivity index (χ4v) is 3.45. The smallest absolute Gasteiger partial charge is 0.195 e. The molecule has 3 rings (SSSR count). The van der Waals surface area contributed by atoms with Crippen molar-refractivity contribution in [3.8, 4) is 0 Å². The molecule has 90 valence electrons. The molecule has 2 heterocycles. The van der Waals surface area contributed by atoms with Crippen LogP contribution in [-0.2, 0) is 0 Å². The van der Waals surface area contributed by atoms with Gasteiger partial charge in [-0.05, 0) is 25.0 Å². The number of thioether (sulfide) groups is 1. The van der Waals surface area contributed by atoms with Gasteiger partial charge in [-0.2, -0.15) is 0 Å². The quantitative estimate of drug-likeness (QED) is 0.885. The molecule has 2 atom stereocenters. The Bertz CT molecular complexity index is 513. The summed E-state index contributed by atoms with van der Waals surface area (Å²) in [5.41, 5.74) is 0.861. The molecule has 17 heavy (non-hydrogen) atoms. The first-order chi connectivity index (χ1) is 8.34. The van der Waals surface area contributed by atoms with Crippen LogP contribution in [0.4, 0.5) is 0 Å². The topological polar surface area (TPSA) is 50.4 Å². The number of aliphatic hydroxyl groups is 1. The zero-order valence-electron chi connectivity index (χ0n) is 9.49. The molecule has 0 radical (unpaired) electrons. The molecule has 2 aromatic rings. The van der Waals surface area contributed by atoms with E-state index in [1.54, 1.807) is 11.8 Å². The molecule has 2 aromatic heterocycles. The summed E-state index contributed by atoms with van der Waals surface area (Å²) in [5.74, 6) is 0. The molecule has 1 aliphatic rings. The highest BCUT2D eigenvalue weighted by molar-refractivity contribution is 7.99. The van der Waals surface area contributed by atoms with Gasteiger partial charge in [0, 0.05) is 11.4 Å². The molecule has 5 heteroatoms. The zero-order chi connectivity index (χ0) is 11.7. The van der Waals surface area contributed by atoms with Crippen LogP contribution in [0.2, 0.25) is 0 Å². The lowest BCUT2D eigenvalue weighted by Crippen LogP contribution is -2.26. The summed E-state index contributed by atoms with van der Waals surface area (Å²) in [7, 11) is 0. The van der Waals surface area contributed by atoms with Crippen LogP contribution >= 0.6 is 11.8 Å². The Morgan fingerprint density at radius 2 is 2.12 bits per heavy atom. The van der Waals surface area contributed by atoms with Crippen molar-refractivity contribution in [1.29, 1.82) is 0 Å². The largest absolute Gasteiger partial charge is 0.392 e. The summed E-state index contributed by atoms with van der Waals surface area (Å²) in [6.07, 6.45) is 6.07. The third-order valence-electron chi connectivity index (χ3n) is 3.21. The number of fused-ring (bicyclic) bond motifs is 1. The maximum Gasteiger partial charge on any atom is 0.195 e. The van der Waals surface area contributed by atoms with E-state index in [1.165, 1.54) is 6.42 Å². The predicted octanol–water partition coefficient (Wildman–Crippen LogP) is 2.12. The number of aliphatic hydroxyl groups excluding tert-OH is 1. The minimum Gasteiger partial charge on any atom is -0.392 e. The average Bonchev–Trinajstić information content (AvgIpc) is 2.76. The van der Waals surface area contributed by atoms with Crippen molar-refractivity contribution < 1.29 is 5.11 Å². The van der Waals surface area contributed by atoms with Gasteiger partial charge in [0.2, 0.25) is 0 Å². The van der Waals surface area contributed by atoms with E-state index < -0.39 is 0 Å². The van der Waals surface area contributed by atoms with E-state index in [2.05, 4.69) is 10.2 Å². The molecule has 0 aliphatic heterocycles. The molecule has 0 aromatic carbocycles. The lowest BCUT2D eigenvalue weighted by molar-refractivity contribution is 0.137. The lowest BCUT2D eigenvalue weighted by atomic mass is 9.97. The van der Waals surface area contributed by atoms with Crippen LogP contribution in [0.1, 0.15) is 25.7 Å². The third kappa shape index (κ3) is 2.17. The number of aromatic nitrogens is 3. The van der Waals surface area contributed by atoms with Gasteiger partial charge >= 0.3 is 0 Å². The molecule has 0 bridgehead atoms. The summed E-state index contributed by atoms with van der Waals surface area (Å²) in [6.45, 7) is 0. The van der Waals surface area contributed by atoms with Gasteiger partial charge in [0.25, 0.3) is 0 Å². The average molecular weight is 249 g/mol. The molecular weight excluding hydrogens is 234 g/mol. The van der Waals surface area contributed by atoms with E-state index in [0.29, 0.717) is 0 Å². The Morgan fingerprint density at radius 3 is 3.00 bits per heavy atom. The molecule has 0 unspecified atom stereocenters. The molecule has 1 aliphatic carbocycles. The first-order valence-corrected chi connectivity index (χ1v) is 6.87. The molecule has 0 spiro atoms. The number of hydrogen-bond acceptors (Lipinski definition) is 4. The molecule has 0 saturated heterocycles. The van der Waals surface area contributed by atoms with Gasteiger partial charge in [-0.25, -0.2) is 0 Å². The first-order valence-electron chi connectivity index (χ1n) is 5.99. The second-order valence-electron chi connectivity index (χ2n) is 4.42. The first kappa shape index (κ1) is 11.0. The minimum atomic E-state index is -0.204. The van der Waals surface area contributed by atoms with E-state index in [1.807, 2.05) is 28.8 Å². The summed E-state index contributed by atoms with van der Waals surface area (Å²) in [6, 6.07) is 5.86. The summed E-state index contributed by atoms with van der Waals surface area (Å²) in [5, 5.41) is 19.4. The standard InChI is InChI=1S/C12H15N3OS/c16-9-5-1-2-6-10(9)17-12-14-13-11-7-3-4-8-15(11)12/h3-4,7-10,16H,1-2,5-6H2/t9-,10-/m0/s1. The third-order valence-corrected chi connectivity index (χ3v) is 4.55. The van der Waals surface area contributed by atoms with Crippen LogP contribution in [0.3, 0.4) is 0 Å². The molecule has 1 saturated carbocycles. The number of pyridine rings is 1. The van der Waals surface area contributed by atoms with Gasteiger partial charge in [-0.15, -0.1) is 10.2 Å². The number of rotatable bonds is 2. The number of nitrogens with zero attached hydrogens (tertiary/aromatic N) is 3. The van der Waals surface area contributed by atoms with Gasteiger partial charge in [0.15, 0.2) is 10.8 Å². The second-order valence-corrected chi connectivity index (χ2v) is 5.63. The maximum atomic E-state index is 9.96. The number of hydrogen-bond donors (Lipinski definition) is 1. The Labute approximate surface area is 104 Å². The van der Waals surface area contributed by atoms with Gasteiger partial charge < -0.3 is 5.11 Å². The molecule has 0 amide bonds. The Balaban J connectivity index is 1.84. The second kappa shape index (κ2) is 4.66. The van der Waals surface area contributed by atoms with E-state index in [0.717, 1.165) is 30.1 Å². The highest BCUT2D eigenvalue weighted by atomic mass is 32.2. The van der Waals surface area contributed by atoms with E-state index in [9.17, 15) is 5.11 Å². The van der Waals surface area contributed by atoms with Crippen LogP contribution in [-0.4, -0.2) is 31.1 Å². The molecule has 1 N–H and O–H groups in total. The summed E-state index contributed by atoms with van der Waals surface area (Å²) < 4.78 is 1.98. The fourth-order valence-electron chi connectivity index (χ4n) is 2.25. The Hall–Kier alpha value is -1.07. The van der Waals surface area contributed by atoms with Crippen molar-refractivity contribution in [2.45, 2.75) is 42.2 Å². The van der Waals surface area contributed by atoms with Crippen molar-refractivity contribution in [2.24, 2.45) is 0 Å². The summed E-state index contributed by atoms with van der Waals surface area (Å²) in [4.78, 5) is 0. The Kier molecular flexibility index (Phi) is 3.03. The van der Waals surface area contributed by atoms with Crippen molar-refractivity contribution in [1.82, 2.24) is 14.6 Å². The van der Waals surface area contributed by atoms with Gasteiger partial charge in [-0.1, -0.05) is 30.7 Å². The minimum absolute atomic E-state index is 0.204. The van der Waals surface area contributed by atoms with E-state index in [-0.39, 0.29) is 11.4 Å². The normalized spacial score (nSPS) is 25.2. The fraction of sp³-hybridized carbons (Fsp3) is 0.500. The van der Waals surface area contributed by atoms with Crippen LogP contribution < -0.4 is 0 Å². The van der Waals surface area contributed by atoms with Crippen molar-refractivity contribution >= 4 is 17.4 Å². The van der Waals surface area contributed by atoms with Crippen LogP contribution in [0.5, 0.6) is 0 Å². The van der Waals surface area contributed by atoms with E-state index >= 15 is 0 Å². The SMILES string of the molecule is O[C@H]1CCCC[C@@H]1Sc1nnc2ccccn12. The van der Waals surface area contributed by atoms with E-state index in [4.69, 9.17) is 0 Å². The van der Waals surface area contributed by atoms with Gasteiger partial charge in [0.1, 0.15) is 0 Å². The highest BCUT2D eigenvalue weighted by Crippen LogP contribution is 2.32. The monoisotopic (exact) mass is 249 g/mol. The maximum absolute atomic E-state index is 9.96. The van der Waals surface area contributed by atoms with Gasteiger partial charge in [0.05, 0.1) is 6.10 Å². The van der Waals surface area contributed by atoms with Crippen LogP contribution in [0, 0.1) is 0 Å². The summed E-state index contributed by atoms with van der Waals surface area (Å²) >= 11 is 1.65. The van der Waals surface area contributed by atoms with Crippen LogP contribution in [0.15, 0.2) is 29.6 Å². The Morgan fingerprint density at radius 1 is 1.24 bits per heavy atom. The van der Waals surface area contributed by atoms with Crippen molar-refractivity contribution in [3.63, 3.8) is 0 Å². The molecular formula is C12H15N3OS. The van der Waals surface area contributed by atoms with Crippen LogP contribution in [0.25, 0.3) is 5.65 Å². The van der Waals surface area contributed by atoms with Crippen molar-refractivity contribution in [3.05, 3.63) is 24.4 Å². The lowest BCUT2D eigenvalue weighted by Gasteiger charge is -2.26. The predicted molar refractivity (Wildman–Crippen MR) is 67.1 cm³/mol. The van der Waals surface area contributed by atoms with Crippen molar-refractivity contribution in [2.75, 3.05) is 0 Å².